The highest BCUT2D eigenvalue weighted by Gasteiger charge is 2.20. The van der Waals surface area contributed by atoms with Crippen molar-refractivity contribution in [3.8, 4) is 0 Å². The second kappa shape index (κ2) is 8.81. The molecule has 0 N–H and O–H groups in total. The molecule has 0 spiro atoms. The molecule has 0 amide bonds. The van der Waals surface area contributed by atoms with Crippen molar-refractivity contribution in [2.75, 3.05) is 38.3 Å². The minimum atomic E-state index is -0.398. The molecule has 0 aromatic carbocycles. The second-order valence-corrected chi connectivity index (χ2v) is 6.60. The zero-order valence-corrected chi connectivity index (χ0v) is 14.8. The van der Waals surface area contributed by atoms with Crippen LogP contribution >= 0.6 is 0 Å². The summed E-state index contributed by atoms with van der Waals surface area (Å²) in [6, 6.07) is 3.67. The van der Waals surface area contributed by atoms with Gasteiger partial charge < -0.3 is 14.4 Å². The number of allylic oxidation sites excluding steroid dienone is 2. The van der Waals surface area contributed by atoms with Gasteiger partial charge in [-0.15, -0.1) is 0 Å². The predicted molar refractivity (Wildman–Crippen MR) is 97.8 cm³/mol. The van der Waals surface area contributed by atoms with Crippen LogP contribution in [-0.2, 0) is 9.47 Å². The highest BCUT2D eigenvalue weighted by molar-refractivity contribution is 5.87. The first kappa shape index (κ1) is 17.7. The quantitative estimate of drug-likeness (QED) is 0.742. The number of hydrogen-bond acceptors (Lipinski definition) is 5. The molecule has 0 bridgehead atoms. The standard InChI is InChI=1S/C20H26N2O3/c1-24-20(23)19-8-7-18(13-21-19)22-11-9-17(10-12-22)15-25-14-16-5-3-2-4-6-16/h3,5-8,13,17H,2,4,9-12,14-15H2,1H3. The van der Waals surface area contributed by atoms with Gasteiger partial charge in [-0.05, 0) is 49.3 Å². The molecule has 1 aliphatic carbocycles. The molecule has 5 heteroatoms. The van der Waals surface area contributed by atoms with Gasteiger partial charge in [0.1, 0.15) is 5.69 Å². The molecule has 0 radical (unpaired) electrons. The van der Waals surface area contributed by atoms with E-state index in [-0.39, 0.29) is 0 Å². The van der Waals surface area contributed by atoms with Gasteiger partial charge in [0.15, 0.2) is 0 Å². The first-order chi connectivity index (χ1) is 12.3. The van der Waals surface area contributed by atoms with E-state index in [0.29, 0.717) is 11.6 Å². The average molecular weight is 342 g/mol. The number of rotatable bonds is 6. The van der Waals surface area contributed by atoms with E-state index in [1.807, 2.05) is 6.07 Å². The highest BCUT2D eigenvalue weighted by atomic mass is 16.5. The summed E-state index contributed by atoms with van der Waals surface area (Å²) in [5.41, 5.74) is 2.71. The van der Waals surface area contributed by atoms with Gasteiger partial charge in [0.2, 0.25) is 0 Å². The molecule has 3 rings (SSSR count). The van der Waals surface area contributed by atoms with E-state index in [1.54, 1.807) is 12.3 Å². The minimum absolute atomic E-state index is 0.348. The lowest BCUT2D eigenvalue weighted by Crippen LogP contribution is -2.35. The lowest BCUT2D eigenvalue weighted by atomic mass is 9.97. The lowest BCUT2D eigenvalue weighted by molar-refractivity contribution is 0.0594. The average Bonchev–Trinajstić information content (AvgIpc) is 2.69. The summed E-state index contributed by atoms with van der Waals surface area (Å²) < 4.78 is 10.6. The summed E-state index contributed by atoms with van der Waals surface area (Å²) in [7, 11) is 1.37. The van der Waals surface area contributed by atoms with Crippen LogP contribution in [0.4, 0.5) is 5.69 Å². The highest BCUT2D eigenvalue weighted by Crippen LogP contribution is 2.23. The number of hydrogen-bond donors (Lipinski definition) is 0. The fourth-order valence-corrected chi connectivity index (χ4v) is 3.27. The van der Waals surface area contributed by atoms with E-state index < -0.39 is 5.97 Å². The summed E-state index contributed by atoms with van der Waals surface area (Å²) in [6.45, 7) is 3.56. The third-order valence-corrected chi connectivity index (χ3v) is 4.82. The van der Waals surface area contributed by atoms with Crippen molar-refractivity contribution >= 4 is 11.7 Å². The number of piperidine rings is 1. The maximum absolute atomic E-state index is 11.4. The number of carbonyl (C=O) groups excluding carboxylic acids is 1. The summed E-state index contributed by atoms with van der Waals surface area (Å²) in [5, 5.41) is 0. The first-order valence-corrected chi connectivity index (χ1v) is 8.99. The van der Waals surface area contributed by atoms with Gasteiger partial charge in [-0.2, -0.15) is 0 Å². The predicted octanol–water partition coefficient (Wildman–Crippen LogP) is 3.38. The Labute approximate surface area is 149 Å². The van der Waals surface area contributed by atoms with E-state index in [0.717, 1.165) is 57.7 Å². The van der Waals surface area contributed by atoms with E-state index >= 15 is 0 Å². The van der Waals surface area contributed by atoms with Crippen LogP contribution in [-0.4, -0.2) is 44.4 Å². The number of anilines is 1. The van der Waals surface area contributed by atoms with Gasteiger partial charge in [-0.25, -0.2) is 9.78 Å². The Balaban J connectivity index is 1.41. The number of ether oxygens (including phenoxy) is 2. The van der Waals surface area contributed by atoms with E-state index in [1.165, 1.54) is 12.7 Å². The topological polar surface area (TPSA) is 51.7 Å². The van der Waals surface area contributed by atoms with Gasteiger partial charge >= 0.3 is 5.97 Å². The molecule has 1 saturated heterocycles. The molecule has 0 saturated carbocycles. The third kappa shape index (κ3) is 4.92. The second-order valence-electron chi connectivity index (χ2n) is 6.60. The van der Waals surface area contributed by atoms with Crippen LogP contribution < -0.4 is 4.90 Å². The Morgan fingerprint density at radius 3 is 2.76 bits per heavy atom. The van der Waals surface area contributed by atoms with Crippen molar-refractivity contribution in [2.24, 2.45) is 5.92 Å². The molecule has 1 fully saturated rings. The zero-order chi connectivity index (χ0) is 17.5. The molecule has 0 atom stereocenters. The van der Waals surface area contributed by atoms with Crippen LogP contribution in [0.25, 0.3) is 0 Å². The van der Waals surface area contributed by atoms with Crippen LogP contribution in [0, 0.1) is 5.92 Å². The van der Waals surface area contributed by atoms with Crippen LogP contribution in [0.5, 0.6) is 0 Å². The van der Waals surface area contributed by atoms with Gasteiger partial charge in [-0.1, -0.05) is 18.2 Å². The maximum atomic E-state index is 11.4. The van der Waals surface area contributed by atoms with Gasteiger partial charge in [0.05, 0.1) is 25.6 Å². The summed E-state index contributed by atoms with van der Waals surface area (Å²) in [5.74, 6) is 0.219. The van der Waals surface area contributed by atoms with Crippen molar-refractivity contribution in [3.63, 3.8) is 0 Å². The fraction of sp³-hybridized carbons (Fsp3) is 0.500. The van der Waals surface area contributed by atoms with E-state index in [2.05, 4.69) is 32.8 Å². The minimum Gasteiger partial charge on any atom is -0.464 e. The smallest absolute Gasteiger partial charge is 0.356 e. The molecule has 1 aliphatic heterocycles. The fourth-order valence-electron chi connectivity index (χ4n) is 3.27. The van der Waals surface area contributed by atoms with Crippen molar-refractivity contribution < 1.29 is 14.3 Å². The Hall–Kier alpha value is -2.14. The molecule has 2 heterocycles. The summed E-state index contributed by atoms with van der Waals surface area (Å²) in [6.07, 6.45) is 12.9. The van der Waals surface area contributed by atoms with Gasteiger partial charge in [0.25, 0.3) is 0 Å². The van der Waals surface area contributed by atoms with Crippen LogP contribution in [0.1, 0.15) is 36.2 Å². The van der Waals surface area contributed by atoms with Gasteiger partial charge in [0, 0.05) is 19.7 Å². The monoisotopic (exact) mass is 342 g/mol. The van der Waals surface area contributed by atoms with Crippen LogP contribution in [0.15, 0.2) is 42.1 Å². The van der Waals surface area contributed by atoms with E-state index in [4.69, 9.17) is 4.74 Å². The molecule has 134 valence electrons. The Morgan fingerprint density at radius 2 is 2.12 bits per heavy atom. The first-order valence-electron chi connectivity index (χ1n) is 8.99. The molecule has 2 aliphatic rings. The maximum Gasteiger partial charge on any atom is 0.356 e. The molecule has 25 heavy (non-hydrogen) atoms. The summed E-state index contributed by atoms with van der Waals surface area (Å²) >= 11 is 0. The zero-order valence-electron chi connectivity index (χ0n) is 14.8. The van der Waals surface area contributed by atoms with Crippen molar-refractivity contribution in [3.05, 3.63) is 47.8 Å². The summed E-state index contributed by atoms with van der Waals surface area (Å²) in [4.78, 5) is 17.9. The molecule has 5 nitrogen and oxygen atoms in total. The number of carbonyl (C=O) groups is 1. The largest absolute Gasteiger partial charge is 0.464 e. The number of pyridine rings is 1. The van der Waals surface area contributed by atoms with Crippen molar-refractivity contribution in [2.45, 2.75) is 25.7 Å². The molecular formula is C20H26N2O3. The van der Waals surface area contributed by atoms with Gasteiger partial charge in [-0.3, -0.25) is 0 Å². The molecule has 0 unspecified atom stereocenters. The van der Waals surface area contributed by atoms with E-state index in [9.17, 15) is 4.79 Å². The third-order valence-electron chi connectivity index (χ3n) is 4.82. The molecule has 1 aromatic rings. The lowest BCUT2D eigenvalue weighted by Gasteiger charge is -2.33. The Bertz CT molecular complexity index is 629. The molecule has 1 aromatic heterocycles. The number of nitrogens with zero attached hydrogens (tertiary/aromatic N) is 2. The Kier molecular flexibility index (Phi) is 6.23. The number of aromatic nitrogens is 1. The molecular weight excluding hydrogens is 316 g/mol. The van der Waals surface area contributed by atoms with Crippen LogP contribution in [0.3, 0.4) is 0 Å². The SMILES string of the molecule is COC(=O)c1ccc(N2CCC(COCC3=CCCC=C3)CC2)cn1. The van der Waals surface area contributed by atoms with Crippen molar-refractivity contribution in [1.82, 2.24) is 4.98 Å². The number of methoxy groups -OCH3 is 1. The normalized spacial score (nSPS) is 18.1. The van der Waals surface area contributed by atoms with Crippen molar-refractivity contribution in [1.29, 1.82) is 0 Å². The Morgan fingerprint density at radius 1 is 1.28 bits per heavy atom. The number of esters is 1. The van der Waals surface area contributed by atoms with Crippen LogP contribution in [0.2, 0.25) is 0 Å².